The summed E-state index contributed by atoms with van der Waals surface area (Å²) in [6.07, 6.45) is 1.02. The lowest BCUT2D eigenvalue weighted by Crippen LogP contribution is -2.38. The fourth-order valence-corrected chi connectivity index (χ4v) is 4.54. The highest BCUT2D eigenvalue weighted by molar-refractivity contribution is 7.17. The van der Waals surface area contributed by atoms with Crippen molar-refractivity contribution in [2.24, 2.45) is 0 Å². The molecule has 0 spiro atoms. The molecule has 8 heteroatoms. The Kier molecular flexibility index (Phi) is 4.18. The van der Waals surface area contributed by atoms with Crippen LogP contribution in [0.2, 0.25) is 0 Å². The van der Waals surface area contributed by atoms with E-state index in [4.69, 9.17) is 0 Å². The van der Waals surface area contributed by atoms with Gasteiger partial charge in [0.2, 0.25) is 10.8 Å². The Bertz CT molecular complexity index is 901. The van der Waals surface area contributed by atoms with Crippen LogP contribution in [0.15, 0.2) is 24.3 Å². The number of fused-ring (bicyclic) bond motifs is 1. The number of hydrogen-bond donors (Lipinski definition) is 2. The molecule has 0 aliphatic carbocycles. The molecule has 1 atom stereocenters. The number of nitrogens with zero attached hydrogens (tertiary/aromatic N) is 4. The first-order valence-electron chi connectivity index (χ1n) is 8.25. The number of aromatic hydroxyl groups is 1. The van der Waals surface area contributed by atoms with Crippen molar-refractivity contribution in [1.29, 1.82) is 0 Å². The Balaban J connectivity index is 1.81. The molecule has 2 N–H and O–H groups in total. The molecule has 0 amide bonds. The maximum Gasteiger partial charge on any atom is 0.230 e. The summed E-state index contributed by atoms with van der Waals surface area (Å²) < 4.78 is 15.3. The number of hydrogen-bond acceptors (Lipinski definition) is 6. The largest absolute Gasteiger partial charge is 0.492 e. The second kappa shape index (κ2) is 6.36. The number of aliphatic hydroxyl groups excluding tert-OH is 1. The molecule has 4 rings (SSSR count). The lowest BCUT2D eigenvalue weighted by molar-refractivity contribution is 0.0689. The molecule has 25 heavy (non-hydrogen) atoms. The monoisotopic (exact) mass is 362 g/mol. The molecule has 0 saturated carbocycles. The van der Waals surface area contributed by atoms with Crippen molar-refractivity contribution < 1.29 is 14.6 Å². The molecule has 1 aromatic carbocycles. The summed E-state index contributed by atoms with van der Waals surface area (Å²) in [5.41, 5.74) is 0.771. The third-order valence-electron chi connectivity index (χ3n) is 4.58. The second-order valence-electron chi connectivity index (χ2n) is 6.37. The Morgan fingerprint density at radius 2 is 2.08 bits per heavy atom. The topological polar surface area (TPSA) is 73.9 Å². The number of aryl methyl sites for hydroxylation is 1. The first-order chi connectivity index (χ1) is 12.0. The van der Waals surface area contributed by atoms with Crippen molar-refractivity contribution >= 4 is 16.3 Å². The van der Waals surface area contributed by atoms with Crippen LogP contribution in [0.5, 0.6) is 5.88 Å². The third kappa shape index (κ3) is 3.01. The molecular formula is C17H19FN4O2S. The Morgan fingerprint density at radius 3 is 2.76 bits per heavy atom. The molecule has 1 aliphatic heterocycles. The predicted molar refractivity (Wildman–Crippen MR) is 92.3 cm³/mol. The van der Waals surface area contributed by atoms with Gasteiger partial charge in [-0.05, 0) is 37.5 Å². The van der Waals surface area contributed by atoms with Crippen LogP contribution < -0.4 is 0 Å². The maximum atomic E-state index is 13.8. The van der Waals surface area contributed by atoms with Crippen LogP contribution in [0.25, 0.3) is 4.96 Å². The van der Waals surface area contributed by atoms with E-state index in [1.54, 1.807) is 13.0 Å². The average Bonchev–Trinajstić information content (AvgIpc) is 3.08. The lowest BCUT2D eigenvalue weighted by Gasteiger charge is -2.36. The summed E-state index contributed by atoms with van der Waals surface area (Å²) in [6, 6.07) is 6.15. The number of likely N-dealkylation sites (tertiary alicyclic amines) is 1. The summed E-state index contributed by atoms with van der Waals surface area (Å²) >= 11 is 1.36. The minimum absolute atomic E-state index is 0.0426. The summed E-state index contributed by atoms with van der Waals surface area (Å²) in [5, 5.41) is 24.7. The number of thiazole rings is 1. The summed E-state index contributed by atoms with van der Waals surface area (Å²) in [7, 11) is 0. The van der Waals surface area contributed by atoms with Crippen LogP contribution in [0, 0.1) is 12.7 Å². The molecule has 1 saturated heterocycles. The van der Waals surface area contributed by atoms with Crippen LogP contribution in [0.3, 0.4) is 0 Å². The standard InChI is InChI=1S/C17H19FN4O2S/c1-10-19-17-22(20-10)16(24)15(25-17)14(11-3-2-4-12(18)9-11)21-7-5-13(23)6-8-21/h2-4,9,13-14,23-24H,5-8H2,1H3/t14-/m1/s1. The zero-order valence-corrected chi connectivity index (χ0v) is 14.6. The third-order valence-corrected chi connectivity index (χ3v) is 5.66. The highest BCUT2D eigenvalue weighted by atomic mass is 32.1. The van der Waals surface area contributed by atoms with Gasteiger partial charge in [0, 0.05) is 13.1 Å². The SMILES string of the molecule is Cc1nc2sc([C@@H](c3cccc(F)c3)N3CCC(O)CC3)c(O)n2n1. The Morgan fingerprint density at radius 1 is 1.32 bits per heavy atom. The first-order valence-corrected chi connectivity index (χ1v) is 9.07. The summed E-state index contributed by atoms with van der Waals surface area (Å²) in [4.78, 5) is 7.80. The fraction of sp³-hybridized carbons (Fsp3) is 0.412. The predicted octanol–water partition coefficient (Wildman–Crippen LogP) is 2.49. The average molecular weight is 362 g/mol. The van der Waals surface area contributed by atoms with Crippen LogP contribution in [0.1, 0.15) is 35.1 Å². The molecular weight excluding hydrogens is 343 g/mol. The molecule has 1 aliphatic rings. The number of halogens is 1. The smallest absolute Gasteiger partial charge is 0.230 e. The number of aliphatic hydroxyl groups is 1. The van der Waals surface area contributed by atoms with Crippen molar-refractivity contribution in [1.82, 2.24) is 19.5 Å². The van der Waals surface area contributed by atoms with E-state index in [9.17, 15) is 14.6 Å². The minimum Gasteiger partial charge on any atom is -0.492 e. The van der Waals surface area contributed by atoms with E-state index in [-0.39, 0.29) is 23.8 Å². The zero-order chi connectivity index (χ0) is 17.6. The molecule has 0 bridgehead atoms. The van der Waals surface area contributed by atoms with Crippen LogP contribution in [-0.4, -0.2) is 48.9 Å². The van der Waals surface area contributed by atoms with Gasteiger partial charge < -0.3 is 10.2 Å². The number of aromatic nitrogens is 3. The molecule has 0 radical (unpaired) electrons. The van der Waals surface area contributed by atoms with Gasteiger partial charge in [0.1, 0.15) is 11.6 Å². The van der Waals surface area contributed by atoms with Gasteiger partial charge in [-0.25, -0.2) is 9.37 Å². The van der Waals surface area contributed by atoms with E-state index in [0.29, 0.717) is 41.6 Å². The molecule has 1 fully saturated rings. The molecule has 132 valence electrons. The molecule has 2 aromatic heterocycles. The lowest BCUT2D eigenvalue weighted by atomic mass is 9.99. The fourth-order valence-electron chi connectivity index (χ4n) is 3.37. The first kappa shape index (κ1) is 16.4. The molecule has 0 unspecified atom stereocenters. The highest BCUT2D eigenvalue weighted by Crippen LogP contribution is 2.40. The van der Waals surface area contributed by atoms with Gasteiger partial charge in [0.05, 0.1) is 17.0 Å². The van der Waals surface area contributed by atoms with Gasteiger partial charge in [-0.1, -0.05) is 23.5 Å². The highest BCUT2D eigenvalue weighted by Gasteiger charge is 2.31. The van der Waals surface area contributed by atoms with Gasteiger partial charge in [-0.2, -0.15) is 4.52 Å². The van der Waals surface area contributed by atoms with E-state index in [2.05, 4.69) is 15.0 Å². The van der Waals surface area contributed by atoms with Crippen molar-refractivity contribution in [2.75, 3.05) is 13.1 Å². The van der Waals surface area contributed by atoms with E-state index in [1.807, 2.05) is 6.07 Å². The van der Waals surface area contributed by atoms with Gasteiger partial charge >= 0.3 is 0 Å². The van der Waals surface area contributed by atoms with E-state index >= 15 is 0 Å². The quantitative estimate of drug-likeness (QED) is 0.749. The molecule has 3 aromatic rings. The van der Waals surface area contributed by atoms with Gasteiger partial charge in [-0.15, -0.1) is 5.10 Å². The van der Waals surface area contributed by atoms with Crippen molar-refractivity contribution in [3.05, 3.63) is 46.3 Å². The van der Waals surface area contributed by atoms with E-state index in [0.717, 1.165) is 5.56 Å². The van der Waals surface area contributed by atoms with Crippen molar-refractivity contribution in [2.45, 2.75) is 31.9 Å². The van der Waals surface area contributed by atoms with Crippen LogP contribution >= 0.6 is 11.3 Å². The molecule has 3 heterocycles. The second-order valence-corrected chi connectivity index (χ2v) is 7.38. The normalized spacial score (nSPS) is 18.0. The Labute approximate surface area is 148 Å². The summed E-state index contributed by atoms with van der Waals surface area (Å²) in [5.74, 6) is 0.326. The van der Waals surface area contributed by atoms with Crippen molar-refractivity contribution in [3.63, 3.8) is 0 Å². The van der Waals surface area contributed by atoms with Gasteiger partial charge in [0.25, 0.3) is 0 Å². The molecule has 6 nitrogen and oxygen atoms in total. The van der Waals surface area contributed by atoms with Crippen molar-refractivity contribution in [3.8, 4) is 5.88 Å². The number of piperidine rings is 1. The summed E-state index contributed by atoms with van der Waals surface area (Å²) in [6.45, 7) is 3.12. The van der Waals surface area contributed by atoms with Crippen LogP contribution in [-0.2, 0) is 0 Å². The van der Waals surface area contributed by atoms with Gasteiger partial charge in [-0.3, -0.25) is 4.90 Å². The number of rotatable bonds is 3. The minimum atomic E-state index is -0.311. The zero-order valence-electron chi connectivity index (χ0n) is 13.8. The van der Waals surface area contributed by atoms with Crippen LogP contribution in [0.4, 0.5) is 4.39 Å². The number of benzene rings is 1. The van der Waals surface area contributed by atoms with E-state index < -0.39 is 0 Å². The Hall–Kier alpha value is -2.03. The maximum absolute atomic E-state index is 13.8. The van der Waals surface area contributed by atoms with E-state index in [1.165, 1.54) is 28.0 Å². The van der Waals surface area contributed by atoms with Gasteiger partial charge in [0.15, 0.2) is 0 Å².